The first-order chi connectivity index (χ1) is 13.2. The lowest BCUT2D eigenvalue weighted by Crippen LogP contribution is -2.31. The van der Waals surface area contributed by atoms with Gasteiger partial charge in [0.05, 0.1) is 19.5 Å². The number of nitrogens with zero attached hydrogens (tertiary/aromatic N) is 5. The van der Waals surface area contributed by atoms with Crippen molar-refractivity contribution in [1.29, 1.82) is 0 Å². The second-order valence-electron chi connectivity index (χ2n) is 7.39. The molecule has 2 saturated heterocycles. The largest absolute Gasteiger partial charge is 0.480 e. The molecule has 2 fully saturated rings. The smallest absolute Gasteiger partial charge is 0.274 e. The highest BCUT2D eigenvalue weighted by molar-refractivity contribution is 5.92. The second kappa shape index (κ2) is 8.00. The summed E-state index contributed by atoms with van der Waals surface area (Å²) in [5, 5.41) is 0. The van der Waals surface area contributed by atoms with Crippen LogP contribution in [0.25, 0.3) is 0 Å². The molecule has 0 radical (unpaired) electrons. The number of amides is 1. The van der Waals surface area contributed by atoms with Gasteiger partial charge < -0.3 is 9.64 Å². The Kier molecular flexibility index (Phi) is 5.29. The fraction of sp³-hybridized carbons (Fsp3) is 0.500. The maximum absolute atomic E-state index is 12.7. The lowest BCUT2D eigenvalue weighted by atomic mass is 9.92. The molecule has 0 spiro atoms. The van der Waals surface area contributed by atoms with Gasteiger partial charge in [-0.05, 0) is 49.4 Å². The molecule has 0 aromatic carbocycles. The normalized spacial score (nSPS) is 22.9. The fourth-order valence-corrected chi connectivity index (χ4v) is 4.17. The number of likely N-dealkylation sites (tertiary alicyclic amines) is 2. The van der Waals surface area contributed by atoms with Gasteiger partial charge in [-0.15, -0.1) is 0 Å². The van der Waals surface area contributed by atoms with Crippen LogP contribution in [0, 0.1) is 11.8 Å². The van der Waals surface area contributed by atoms with Crippen LogP contribution in [0.3, 0.4) is 0 Å². The molecule has 7 heteroatoms. The van der Waals surface area contributed by atoms with Crippen molar-refractivity contribution in [1.82, 2.24) is 24.8 Å². The van der Waals surface area contributed by atoms with Crippen LogP contribution in [-0.2, 0) is 6.54 Å². The van der Waals surface area contributed by atoms with Crippen LogP contribution in [0.5, 0.6) is 5.88 Å². The second-order valence-corrected chi connectivity index (χ2v) is 7.39. The van der Waals surface area contributed by atoms with E-state index in [2.05, 4.69) is 25.9 Å². The molecular weight excluding hydrogens is 342 g/mol. The van der Waals surface area contributed by atoms with E-state index < -0.39 is 0 Å². The van der Waals surface area contributed by atoms with E-state index in [4.69, 9.17) is 4.74 Å². The van der Waals surface area contributed by atoms with E-state index in [0.29, 0.717) is 23.4 Å². The molecule has 0 unspecified atom stereocenters. The molecule has 4 rings (SSSR count). The number of aromatic nitrogens is 3. The van der Waals surface area contributed by atoms with Crippen LogP contribution in [0.15, 0.2) is 36.9 Å². The predicted molar refractivity (Wildman–Crippen MR) is 100 cm³/mol. The average Bonchev–Trinajstić information content (AvgIpc) is 3.04. The minimum absolute atomic E-state index is 0.0227. The number of pyridine rings is 1. The molecule has 0 saturated carbocycles. The minimum Gasteiger partial charge on any atom is -0.480 e. The van der Waals surface area contributed by atoms with Crippen molar-refractivity contribution >= 4 is 5.91 Å². The summed E-state index contributed by atoms with van der Waals surface area (Å²) in [5.74, 6) is 1.54. The zero-order valence-corrected chi connectivity index (χ0v) is 15.6. The van der Waals surface area contributed by atoms with E-state index >= 15 is 0 Å². The third kappa shape index (κ3) is 4.08. The van der Waals surface area contributed by atoms with Gasteiger partial charge in [-0.3, -0.25) is 14.7 Å². The molecular formula is C20H25N5O2. The van der Waals surface area contributed by atoms with Crippen LogP contribution in [0.4, 0.5) is 0 Å². The van der Waals surface area contributed by atoms with Crippen molar-refractivity contribution in [3.05, 3.63) is 48.2 Å². The molecule has 2 aromatic heterocycles. The Morgan fingerprint density at radius 1 is 1.15 bits per heavy atom. The summed E-state index contributed by atoms with van der Waals surface area (Å²) in [7, 11) is 1.54. The van der Waals surface area contributed by atoms with Crippen molar-refractivity contribution in [3.8, 4) is 5.88 Å². The Labute approximate surface area is 159 Å². The summed E-state index contributed by atoms with van der Waals surface area (Å²) < 4.78 is 5.01. The van der Waals surface area contributed by atoms with Gasteiger partial charge in [0.25, 0.3) is 5.91 Å². The predicted octanol–water partition coefficient (Wildman–Crippen LogP) is 1.86. The first kappa shape index (κ1) is 17.9. The van der Waals surface area contributed by atoms with Crippen LogP contribution in [0.2, 0.25) is 0 Å². The van der Waals surface area contributed by atoms with Gasteiger partial charge in [-0.2, -0.15) is 0 Å². The molecule has 142 valence electrons. The van der Waals surface area contributed by atoms with Crippen LogP contribution < -0.4 is 4.74 Å². The van der Waals surface area contributed by atoms with Crippen molar-refractivity contribution in [3.63, 3.8) is 0 Å². The topological polar surface area (TPSA) is 71.5 Å². The van der Waals surface area contributed by atoms with Gasteiger partial charge in [0, 0.05) is 32.0 Å². The fourth-order valence-electron chi connectivity index (χ4n) is 4.17. The number of rotatable bonds is 4. The summed E-state index contributed by atoms with van der Waals surface area (Å²) >= 11 is 0. The lowest BCUT2D eigenvalue weighted by molar-refractivity contribution is 0.0773. The van der Waals surface area contributed by atoms with Crippen LogP contribution >= 0.6 is 0 Å². The van der Waals surface area contributed by atoms with Crippen molar-refractivity contribution in [2.45, 2.75) is 19.4 Å². The Morgan fingerprint density at radius 2 is 1.93 bits per heavy atom. The van der Waals surface area contributed by atoms with Gasteiger partial charge in [-0.1, -0.05) is 6.07 Å². The highest BCUT2D eigenvalue weighted by Gasteiger charge is 2.37. The Balaban J connectivity index is 1.34. The highest BCUT2D eigenvalue weighted by Crippen LogP contribution is 2.32. The summed E-state index contributed by atoms with van der Waals surface area (Å²) in [6.07, 6.45) is 9.02. The molecule has 27 heavy (non-hydrogen) atoms. The van der Waals surface area contributed by atoms with Gasteiger partial charge in [0.1, 0.15) is 5.69 Å². The molecule has 0 aliphatic carbocycles. The third-order valence-electron chi connectivity index (χ3n) is 5.68. The molecule has 2 aromatic rings. The molecule has 1 amide bonds. The first-order valence-corrected chi connectivity index (χ1v) is 9.49. The SMILES string of the molecule is COc1cnc(C(=O)N2C[C@H]3CCN(Cc4cccnc4)CC[C@H]3C2)cn1. The van der Waals surface area contributed by atoms with Crippen LogP contribution in [-0.4, -0.2) is 63.9 Å². The maximum Gasteiger partial charge on any atom is 0.274 e. The van der Waals surface area contributed by atoms with E-state index in [1.165, 1.54) is 25.1 Å². The van der Waals surface area contributed by atoms with Gasteiger partial charge in [0.15, 0.2) is 0 Å². The zero-order valence-electron chi connectivity index (χ0n) is 15.6. The number of hydrogen-bond donors (Lipinski definition) is 0. The Morgan fingerprint density at radius 3 is 2.52 bits per heavy atom. The van der Waals surface area contributed by atoms with Crippen molar-refractivity contribution < 1.29 is 9.53 Å². The van der Waals surface area contributed by atoms with Crippen molar-refractivity contribution in [2.75, 3.05) is 33.3 Å². The lowest BCUT2D eigenvalue weighted by Gasteiger charge is -2.21. The summed E-state index contributed by atoms with van der Waals surface area (Å²) in [4.78, 5) is 29.7. The standard InChI is InChI=1S/C20H25N5O2/c1-27-19-11-22-18(10-23-19)20(26)25-13-16-4-7-24(8-5-17(16)14-25)12-15-3-2-6-21-9-15/h2-3,6,9-11,16-17H,4-5,7-8,12-14H2,1H3/t16-,17+. The summed E-state index contributed by atoms with van der Waals surface area (Å²) in [6, 6.07) is 4.13. The number of ether oxygens (including phenoxy) is 1. The summed E-state index contributed by atoms with van der Waals surface area (Å²) in [6.45, 7) is 4.73. The van der Waals surface area contributed by atoms with Gasteiger partial charge in [-0.25, -0.2) is 9.97 Å². The van der Waals surface area contributed by atoms with E-state index in [9.17, 15) is 4.79 Å². The zero-order chi connectivity index (χ0) is 18.6. The third-order valence-corrected chi connectivity index (χ3v) is 5.68. The number of fused-ring (bicyclic) bond motifs is 1. The molecule has 2 aliphatic heterocycles. The molecule has 7 nitrogen and oxygen atoms in total. The van der Waals surface area contributed by atoms with E-state index in [1.807, 2.05) is 23.4 Å². The van der Waals surface area contributed by atoms with Crippen molar-refractivity contribution in [2.24, 2.45) is 11.8 Å². The van der Waals surface area contributed by atoms with Gasteiger partial charge >= 0.3 is 0 Å². The Bertz CT molecular complexity index is 752. The molecule has 2 aliphatic rings. The minimum atomic E-state index is -0.0227. The number of carbonyl (C=O) groups excluding carboxylic acids is 1. The summed E-state index contributed by atoms with van der Waals surface area (Å²) in [5.41, 5.74) is 1.66. The molecule has 0 bridgehead atoms. The number of hydrogen-bond acceptors (Lipinski definition) is 6. The first-order valence-electron chi connectivity index (χ1n) is 9.49. The molecule has 0 N–H and O–H groups in total. The monoisotopic (exact) mass is 367 g/mol. The van der Waals surface area contributed by atoms with E-state index in [-0.39, 0.29) is 5.91 Å². The molecule has 4 heterocycles. The number of methoxy groups -OCH3 is 1. The van der Waals surface area contributed by atoms with Gasteiger partial charge in [0.2, 0.25) is 5.88 Å². The Hall–Kier alpha value is -2.54. The molecule has 2 atom stereocenters. The quantitative estimate of drug-likeness (QED) is 0.821. The number of carbonyl (C=O) groups is 1. The average molecular weight is 367 g/mol. The van der Waals surface area contributed by atoms with Crippen LogP contribution in [0.1, 0.15) is 28.9 Å². The van der Waals surface area contributed by atoms with E-state index in [1.54, 1.807) is 0 Å². The maximum atomic E-state index is 12.7. The highest BCUT2D eigenvalue weighted by atomic mass is 16.5. The van der Waals surface area contributed by atoms with E-state index in [0.717, 1.165) is 45.6 Å².